The third-order valence-corrected chi connectivity index (χ3v) is 4.07. The quantitative estimate of drug-likeness (QED) is 0.883. The zero-order chi connectivity index (χ0) is 17.3. The van der Waals surface area contributed by atoms with E-state index in [2.05, 4.69) is 11.4 Å². The van der Waals surface area contributed by atoms with Gasteiger partial charge in [0, 0.05) is 5.69 Å². The van der Waals surface area contributed by atoms with Crippen LogP contribution in [0.3, 0.4) is 0 Å². The first kappa shape index (κ1) is 15.8. The van der Waals surface area contributed by atoms with E-state index in [1.165, 1.54) is 4.90 Å². The molecule has 5 nitrogen and oxygen atoms in total. The Morgan fingerprint density at radius 2 is 1.96 bits per heavy atom. The highest BCUT2D eigenvalue weighted by Crippen LogP contribution is 2.28. The molecule has 2 amide bonds. The van der Waals surface area contributed by atoms with Gasteiger partial charge in [-0.1, -0.05) is 23.8 Å². The molecule has 0 bridgehead atoms. The van der Waals surface area contributed by atoms with E-state index >= 15 is 0 Å². The molecule has 120 valence electrons. The molecule has 1 heterocycles. The number of carbonyl (C=O) groups is 2. The Balaban J connectivity index is 1.85. The van der Waals surface area contributed by atoms with Gasteiger partial charge in [0.05, 0.1) is 23.7 Å². The summed E-state index contributed by atoms with van der Waals surface area (Å²) in [7, 11) is 0. The average molecular weight is 319 g/mol. The Morgan fingerprint density at radius 1 is 1.17 bits per heavy atom. The van der Waals surface area contributed by atoms with Gasteiger partial charge in [0.25, 0.3) is 5.91 Å². The smallest absolute Gasteiger partial charge is 0.256 e. The molecule has 0 saturated carbocycles. The summed E-state index contributed by atoms with van der Waals surface area (Å²) in [5.74, 6) is -0.491. The van der Waals surface area contributed by atoms with Crippen molar-refractivity contribution in [2.45, 2.75) is 26.3 Å². The molecule has 0 unspecified atom stereocenters. The number of imide groups is 1. The fourth-order valence-electron chi connectivity index (χ4n) is 2.93. The van der Waals surface area contributed by atoms with Crippen molar-refractivity contribution >= 4 is 23.2 Å². The van der Waals surface area contributed by atoms with Gasteiger partial charge in [0.15, 0.2) is 0 Å². The number of hydrogen-bond acceptors (Lipinski definition) is 4. The lowest BCUT2D eigenvalue weighted by atomic mass is 10.1. The normalized spacial score (nSPS) is 17.0. The van der Waals surface area contributed by atoms with E-state index < -0.39 is 6.04 Å². The lowest BCUT2D eigenvalue weighted by molar-refractivity contribution is -0.121. The summed E-state index contributed by atoms with van der Waals surface area (Å²) >= 11 is 0. The van der Waals surface area contributed by atoms with Crippen molar-refractivity contribution in [2.75, 3.05) is 10.2 Å². The molecular weight excluding hydrogens is 302 g/mol. The maximum atomic E-state index is 12.7. The predicted molar refractivity (Wildman–Crippen MR) is 91.6 cm³/mol. The number of carbonyl (C=O) groups excluding carboxylic acids is 2. The van der Waals surface area contributed by atoms with Gasteiger partial charge in [-0.05, 0) is 43.7 Å². The minimum atomic E-state index is -0.618. The highest BCUT2D eigenvalue weighted by atomic mass is 16.2. The molecule has 3 rings (SSSR count). The van der Waals surface area contributed by atoms with E-state index in [1.807, 2.05) is 26.0 Å². The van der Waals surface area contributed by atoms with Gasteiger partial charge >= 0.3 is 0 Å². The van der Waals surface area contributed by atoms with Gasteiger partial charge in [0.2, 0.25) is 5.91 Å². The van der Waals surface area contributed by atoms with Crippen LogP contribution in [0.2, 0.25) is 0 Å². The van der Waals surface area contributed by atoms with E-state index in [0.29, 0.717) is 16.9 Å². The Kier molecular flexibility index (Phi) is 4.05. The van der Waals surface area contributed by atoms with Crippen LogP contribution < -0.4 is 10.2 Å². The predicted octanol–water partition coefficient (Wildman–Crippen LogP) is 2.92. The van der Waals surface area contributed by atoms with E-state index in [4.69, 9.17) is 5.26 Å². The van der Waals surface area contributed by atoms with Crippen molar-refractivity contribution in [2.24, 2.45) is 0 Å². The van der Waals surface area contributed by atoms with E-state index in [9.17, 15) is 9.59 Å². The molecule has 0 radical (unpaired) electrons. The Hall–Kier alpha value is -3.13. The lowest BCUT2D eigenvalue weighted by Gasteiger charge is -2.18. The van der Waals surface area contributed by atoms with Gasteiger partial charge in [-0.3, -0.25) is 9.59 Å². The molecule has 5 heteroatoms. The number of nitriles is 1. The number of nitrogens with zero attached hydrogens (tertiary/aromatic N) is 2. The van der Waals surface area contributed by atoms with Crippen LogP contribution >= 0.6 is 0 Å². The Morgan fingerprint density at radius 3 is 2.67 bits per heavy atom. The zero-order valence-electron chi connectivity index (χ0n) is 13.5. The number of hydrogen-bond donors (Lipinski definition) is 1. The Labute approximate surface area is 140 Å². The molecule has 2 aromatic rings. The first-order valence-corrected chi connectivity index (χ1v) is 7.70. The second kappa shape index (κ2) is 6.17. The van der Waals surface area contributed by atoms with Crippen LogP contribution in [0.25, 0.3) is 0 Å². The summed E-state index contributed by atoms with van der Waals surface area (Å²) in [6.07, 6.45) is 0.100. The summed E-state index contributed by atoms with van der Waals surface area (Å²) in [5, 5.41) is 12.0. The van der Waals surface area contributed by atoms with Gasteiger partial charge in [-0.15, -0.1) is 0 Å². The average Bonchev–Trinajstić information content (AvgIpc) is 2.82. The molecule has 1 saturated heterocycles. The number of nitrogens with one attached hydrogen (secondary N) is 1. The molecule has 2 aromatic carbocycles. The molecule has 1 aliphatic heterocycles. The zero-order valence-corrected chi connectivity index (χ0v) is 13.5. The van der Waals surface area contributed by atoms with Crippen LogP contribution in [0.4, 0.5) is 11.4 Å². The van der Waals surface area contributed by atoms with E-state index in [-0.39, 0.29) is 18.2 Å². The van der Waals surface area contributed by atoms with Crippen LogP contribution in [0.5, 0.6) is 0 Å². The van der Waals surface area contributed by atoms with Gasteiger partial charge < -0.3 is 5.32 Å². The summed E-state index contributed by atoms with van der Waals surface area (Å²) in [5.41, 5.74) is 3.76. The molecule has 1 atom stereocenters. The minimum Gasteiger partial charge on any atom is -0.373 e. The molecule has 1 aliphatic rings. The molecule has 1 fully saturated rings. The van der Waals surface area contributed by atoms with E-state index in [0.717, 1.165) is 11.1 Å². The summed E-state index contributed by atoms with van der Waals surface area (Å²) in [4.78, 5) is 26.3. The molecular formula is C19H17N3O2. The van der Waals surface area contributed by atoms with Crippen molar-refractivity contribution in [1.29, 1.82) is 5.26 Å². The van der Waals surface area contributed by atoms with Gasteiger partial charge in [-0.25, -0.2) is 4.90 Å². The van der Waals surface area contributed by atoms with Crippen LogP contribution in [0, 0.1) is 25.2 Å². The van der Waals surface area contributed by atoms with Crippen LogP contribution in [0.15, 0.2) is 42.5 Å². The third kappa shape index (κ3) is 2.86. The maximum Gasteiger partial charge on any atom is 0.256 e. The van der Waals surface area contributed by atoms with Crippen molar-refractivity contribution in [3.8, 4) is 6.07 Å². The van der Waals surface area contributed by atoms with Crippen LogP contribution in [-0.2, 0) is 9.59 Å². The molecule has 1 N–H and O–H groups in total. The second-order valence-electron chi connectivity index (χ2n) is 5.95. The minimum absolute atomic E-state index is 0.100. The van der Waals surface area contributed by atoms with Crippen molar-refractivity contribution in [3.63, 3.8) is 0 Å². The highest BCUT2D eigenvalue weighted by Gasteiger charge is 2.40. The fraction of sp³-hybridized carbons (Fsp3) is 0.211. The topological polar surface area (TPSA) is 73.2 Å². The third-order valence-electron chi connectivity index (χ3n) is 4.07. The molecule has 0 aromatic heterocycles. The Bertz CT molecular complexity index is 867. The highest BCUT2D eigenvalue weighted by molar-refractivity contribution is 6.23. The van der Waals surface area contributed by atoms with Crippen molar-refractivity contribution < 1.29 is 9.59 Å². The number of anilines is 2. The second-order valence-corrected chi connectivity index (χ2v) is 5.95. The number of aryl methyl sites for hydroxylation is 2. The number of amides is 2. The van der Waals surface area contributed by atoms with E-state index in [1.54, 1.807) is 30.3 Å². The van der Waals surface area contributed by atoms with Gasteiger partial charge in [0.1, 0.15) is 6.04 Å². The van der Waals surface area contributed by atoms with Crippen molar-refractivity contribution in [3.05, 3.63) is 59.2 Å². The largest absolute Gasteiger partial charge is 0.373 e. The monoisotopic (exact) mass is 319 g/mol. The van der Waals surface area contributed by atoms with Gasteiger partial charge in [-0.2, -0.15) is 5.26 Å². The first-order chi connectivity index (χ1) is 11.5. The molecule has 0 aliphatic carbocycles. The molecule has 24 heavy (non-hydrogen) atoms. The molecule has 0 spiro atoms. The number of rotatable bonds is 3. The van der Waals surface area contributed by atoms with Crippen LogP contribution in [0.1, 0.15) is 23.1 Å². The van der Waals surface area contributed by atoms with Crippen molar-refractivity contribution in [1.82, 2.24) is 0 Å². The standard InChI is InChI=1S/C19H17N3O2/c1-12-6-7-17(13(2)8-12)22-18(23)10-16(19(22)24)21-15-5-3-4-14(9-15)11-20/h3-9,16,21H,10H2,1-2H3/t16-/m0/s1. The first-order valence-electron chi connectivity index (χ1n) is 7.70. The lowest BCUT2D eigenvalue weighted by Crippen LogP contribution is -2.35. The SMILES string of the molecule is Cc1ccc(N2C(=O)C[C@H](Nc3cccc(C#N)c3)C2=O)c(C)c1. The van der Waals surface area contributed by atoms with Crippen LogP contribution in [-0.4, -0.2) is 17.9 Å². The maximum absolute atomic E-state index is 12.7. The summed E-state index contributed by atoms with van der Waals surface area (Å²) in [6, 6.07) is 14.0. The number of benzene rings is 2. The summed E-state index contributed by atoms with van der Waals surface area (Å²) in [6.45, 7) is 3.86. The fourth-order valence-corrected chi connectivity index (χ4v) is 2.93. The summed E-state index contributed by atoms with van der Waals surface area (Å²) < 4.78 is 0.